The summed E-state index contributed by atoms with van der Waals surface area (Å²) in [6, 6.07) is -1.19. The first-order valence-corrected chi connectivity index (χ1v) is 25.2. The number of hydrogen-bond acceptors (Lipinski definition) is 6. The normalized spacial score (nSPS) is 12.5. The van der Waals surface area contributed by atoms with Gasteiger partial charge in [0.25, 0.3) is 0 Å². The smallest absolute Gasteiger partial charge is 0.242 e. The van der Waals surface area contributed by atoms with Gasteiger partial charge in [0.05, 0.1) is 0 Å². The lowest BCUT2D eigenvalue weighted by molar-refractivity contribution is -0.129. The van der Waals surface area contributed by atoms with Crippen LogP contribution in [-0.2, 0) is 19.2 Å². The van der Waals surface area contributed by atoms with E-state index in [0.717, 1.165) is 51.4 Å². The molecular weight excluding hydrogens is 749 g/mol. The van der Waals surface area contributed by atoms with Crippen molar-refractivity contribution in [3.05, 3.63) is 24.3 Å². The van der Waals surface area contributed by atoms with E-state index in [4.69, 9.17) is 11.5 Å². The molecule has 0 aliphatic heterocycles. The predicted molar refractivity (Wildman–Crippen MR) is 255 cm³/mol. The molecule has 60 heavy (non-hydrogen) atoms. The Kier molecular flexibility index (Phi) is 43.7. The van der Waals surface area contributed by atoms with Gasteiger partial charge in [0.1, 0.15) is 12.1 Å². The Morgan fingerprint density at radius 1 is 0.400 bits per heavy atom. The van der Waals surface area contributed by atoms with E-state index in [2.05, 4.69) is 59.4 Å². The Bertz CT molecular complexity index is 985. The van der Waals surface area contributed by atoms with Crippen LogP contribution < -0.4 is 32.7 Å². The molecule has 2 atom stereocenters. The van der Waals surface area contributed by atoms with Crippen molar-refractivity contribution in [3.63, 3.8) is 0 Å². The second-order valence-electron chi connectivity index (χ2n) is 17.1. The molecule has 0 aromatic rings. The third kappa shape index (κ3) is 39.4. The zero-order chi connectivity index (χ0) is 44.0. The van der Waals surface area contributed by atoms with Crippen LogP contribution in [0, 0.1) is 0 Å². The van der Waals surface area contributed by atoms with Crippen LogP contribution in [0.15, 0.2) is 24.3 Å². The zero-order valence-electron chi connectivity index (χ0n) is 39.1. The van der Waals surface area contributed by atoms with Gasteiger partial charge in [-0.3, -0.25) is 19.2 Å². The summed E-state index contributed by atoms with van der Waals surface area (Å²) in [4.78, 5) is 51.3. The van der Waals surface area contributed by atoms with Gasteiger partial charge in [0.15, 0.2) is 0 Å². The Labute approximate surface area is 369 Å². The second kappa shape index (κ2) is 45.8. The lowest BCUT2D eigenvalue weighted by Crippen LogP contribution is -2.47. The summed E-state index contributed by atoms with van der Waals surface area (Å²) < 4.78 is 0. The molecule has 0 saturated carbocycles. The SMILES string of the molecule is CCCCCCCC/C=C\CCCCCCCC(=O)NC(CCCN)C(=O)NCCCCNC(=O)C(CCCN)NC(=O)CCCCCCC/C=C\CCCCCCCC. The van der Waals surface area contributed by atoms with Crippen LogP contribution in [0.5, 0.6) is 0 Å². The summed E-state index contributed by atoms with van der Waals surface area (Å²) >= 11 is 0. The van der Waals surface area contributed by atoms with E-state index in [0.29, 0.717) is 77.5 Å². The topological polar surface area (TPSA) is 168 Å². The van der Waals surface area contributed by atoms with Crippen molar-refractivity contribution in [1.82, 2.24) is 21.3 Å². The van der Waals surface area contributed by atoms with Gasteiger partial charge in [-0.15, -0.1) is 0 Å². The summed E-state index contributed by atoms with van der Waals surface area (Å²) in [6.07, 6.45) is 45.3. The number of amides is 4. The molecule has 0 saturated heterocycles. The molecule has 0 radical (unpaired) electrons. The highest BCUT2D eigenvalue weighted by atomic mass is 16.2. The molecule has 10 heteroatoms. The fourth-order valence-electron chi connectivity index (χ4n) is 7.35. The summed E-state index contributed by atoms with van der Waals surface area (Å²) in [5.74, 6) is -0.560. The number of carbonyl (C=O) groups is 4. The number of allylic oxidation sites excluding steroid dienone is 4. The summed E-state index contributed by atoms with van der Waals surface area (Å²) in [7, 11) is 0. The average Bonchev–Trinajstić information content (AvgIpc) is 3.24. The molecule has 0 aromatic carbocycles. The minimum absolute atomic E-state index is 0.0866. The van der Waals surface area contributed by atoms with Crippen LogP contribution in [-0.4, -0.2) is 61.9 Å². The number of nitrogens with one attached hydrogen (secondary N) is 4. The lowest BCUT2D eigenvalue weighted by Gasteiger charge is -2.19. The summed E-state index contributed by atoms with van der Waals surface area (Å²) in [5, 5.41) is 11.8. The third-order valence-electron chi connectivity index (χ3n) is 11.2. The number of unbranched alkanes of at least 4 members (excludes halogenated alkanes) is 23. The molecule has 0 heterocycles. The highest BCUT2D eigenvalue weighted by Crippen LogP contribution is 2.12. The highest BCUT2D eigenvalue weighted by molar-refractivity contribution is 5.88. The van der Waals surface area contributed by atoms with Gasteiger partial charge < -0.3 is 32.7 Å². The molecule has 0 fully saturated rings. The van der Waals surface area contributed by atoms with E-state index in [1.165, 1.54) is 116 Å². The van der Waals surface area contributed by atoms with Gasteiger partial charge in [-0.2, -0.15) is 0 Å². The van der Waals surface area contributed by atoms with E-state index in [9.17, 15) is 19.2 Å². The number of hydrogen-bond donors (Lipinski definition) is 6. The molecule has 0 spiro atoms. The maximum Gasteiger partial charge on any atom is 0.242 e. The average molecular weight is 845 g/mol. The molecule has 0 bridgehead atoms. The molecule has 0 aliphatic rings. The molecule has 0 aromatic heterocycles. The van der Waals surface area contributed by atoms with Crippen molar-refractivity contribution in [1.29, 1.82) is 0 Å². The Morgan fingerprint density at radius 2 is 0.700 bits per heavy atom. The van der Waals surface area contributed by atoms with Gasteiger partial charge in [-0.05, 0) is 116 Å². The first-order valence-electron chi connectivity index (χ1n) is 25.2. The molecule has 2 unspecified atom stereocenters. The van der Waals surface area contributed by atoms with E-state index in [-0.39, 0.29) is 23.6 Å². The fourth-order valence-corrected chi connectivity index (χ4v) is 7.35. The van der Waals surface area contributed by atoms with Crippen LogP contribution in [0.3, 0.4) is 0 Å². The molecule has 0 aliphatic carbocycles. The van der Waals surface area contributed by atoms with Crippen LogP contribution in [0.1, 0.15) is 232 Å². The monoisotopic (exact) mass is 845 g/mol. The van der Waals surface area contributed by atoms with Crippen LogP contribution in [0.4, 0.5) is 0 Å². The van der Waals surface area contributed by atoms with Crippen LogP contribution in [0.25, 0.3) is 0 Å². The van der Waals surface area contributed by atoms with Crippen molar-refractivity contribution < 1.29 is 19.2 Å². The van der Waals surface area contributed by atoms with E-state index < -0.39 is 12.1 Å². The highest BCUT2D eigenvalue weighted by Gasteiger charge is 2.21. The second-order valence-corrected chi connectivity index (χ2v) is 17.1. The molecule has 10 nitrogen and oxygen atoms in total. The van der Waals surface area contributed by atoms with Crippen molar-refractivity contribution in [3.8, 4) is 0 Å². The van der Waals surface area contributed by atoms with E-state index >= 15 is 0 Å². The van der Waals surface area contributed by atoms with Gasteiger partial charge in [-0.1, -0.05) is 141 Å². The largest absolute Gasteiger partial charge is 0.354 e. The maximum atomic E-state index is 13.0. The van der Waals surface area contributed by atoms with Crippen molar-refractivity contribution in [2.75, 3.05) is 26.2 Å². The van der Waals surface area contributed by atoms with E-state index in [1.54, 1.807) is 0 Å². The van der Waals surface area contributed by atoms with Gasteiger partial charge in [-0.25, -0.2) is 0 Å². The van der Waals surface area contributed by atoms with Gasteiger partial charge in [0.2, 0.25) is 23.6 Å². The lowest BCUT2D eigenvalue weighted by atomic mass is 10.1. The number of rotatable bonds is 45. The first-order chi connectivity index (χ1) is 29.4. The standard InChI is InChI=1S/C50H96N6O4/c1-3-5-7-9-11-13-15-17-19-21-23-25-27-29-31-39-47(57)55-45(37-35-41-51)49(59)53-43-33-34-44-54-50(60)46(38-36-42-52)56-48(58)40-32-30-28-26-24-22-20-18-16-14-12-10-8-6-4-2/h17-20,45-46H,3-16,21-44,51-52H2,1-2H3,(H,53,59)(H,54,60)(H,55,57)(H,56,58)/b19-17-,20-18-. The summed E-state index contributed by atoms with van der Waals surface area (Å²) in [6.45, 7) is 6.32. The van der Waals surface area contributed by atoms with Crippen LogP contribution in [0.2, 0.25) is 0 Å². The van der Waals surface area contributed by atoms with Gasteiger partial charge >= 0.3 is 0 Å². The molecular formula is C50H96N6O4. The Hall–Kier alpha value is -2.72. The Morgan fingerprint density at radius 3 is 1.02 bits per heavy atom. The molecule has 8 N–H and O–H groups in total. The fraction of sp³-hybridized carbons (Fsp3) is 0.840. The van der Waals surface area contributed by atoms with Crippen LogP contribution >= 0.6 is 0 Å². The minimum atomic E-state index is -0.595. The zero-order valence-corrected chi connectivity index (χ0v) is 39.1. The first kappa shape index (κ1) is 57.3. The van der Waals surface area contributed by atoms with E-state index in [1.807, 2.05) is 0 Å². The number of carbonyl (C=O) groups excluding carboxylic acids is 4. The quantitative estimate of drug-likeness (QED) is 0.0263. The van der Waals surface area contributed by atoms with Crippen molar-refractivity contribution in [2.24, 2.45) is 11.5 Å². The predicted octanol–water partition coefficient (Wildman–Crippen LogP) is 10.5. The molecule has 350 valence electrons. The minimum Gasteiger partial charge on any atom is -0.354 e. The van der Waals surface area contributed by atoms with Gasteiger partial charge in [0, 0.05) is 25.9 Å². The number of nitrogens with two attached hydrogens (primary N) is 2. The maximum absolute atomic E-state index is 13.0. The summed E-state index contributed by atoms with van der Waals surface area (Å²) in [5.41, 5.74) is 11.4. The van der Waals surface area contributed by atoms with Crippen molar-refractivity contribution >= 4 is 23.6 Å². The third-order valence-corrected chi connectivity index (χ3v) is 11.2. The Balaban J connectivity index is 4.18. The van der Waals surface area contributed by atoms with Crippen molar-refractivity contribution in [2.45, 2.75) is 244 Å². The molecule has 0 rings (SSSR count). The molecule has 4 amide bonds.